The molecule has 2 aliphatic heterocycles. The summed E-state index contributed by atoms with van der Waals surface area (Å²) in [5.41, 5.74) is 1.14. The lowest BCUT2D eigenvalue weighted by Gasteiger charge is -2.46. The third kappa shape index (κ3) is 2.99. The zero-order chi connectivity index (χ0) is 16.7. The Hall–Kier alpha value is -1.69. The van der Waals surface area contributed by atoms with Crippen molar-refractivity contribution >= 4 is 11.7 Å². The molecule has 1 amide bonds. The van der Waals surface area contributed by atoms with E-state index in [1.807, 2.05) is 11.9 Å². The highest BCUT2D eigenvalue weighted by molar-refractivity contribution is 5.82. The van der Waals surface area contributed by atoms with Crippen molar-refractivity contribution in [3.63, 3.8) is 0 Å². The predicted octanol–water partition coefficient (Wildman–Crippen LogP) is 1.49. The molecule has 0 N–H and O–H groups in total. The molecule has 6 heteroatoms. The van der Waals surface area contributed by atoms with Crippen molar-refractivity contribution in [2.45, 2.75) is 50.1 Å². The first-order valence-electron chi connectivity index (χ1n) is 9.19. The van der Waals surface area contributed by atoms with Gasteiger partial charge < -0.3 is 9.80 Å². The van der Waals surface area contributed by atoms with Crippen LogP contribution in [0.4, 0.5) is 5.82 Å². The van der Waals surface area contributed by atoms with Gasteiger partial charge in [-0.05, 0) is 51.3 Å². The van der Waals surface area contributed by atoms with E-state index < -0.39 is 0 Å². The van der Waals surface area contributed by atoms with Gasteiger partial charge in [0.25, 0.3) is 0 Å². The number of aromatic nitrogens is 2. The van der Waals surface area contributed by atoms with Crippen LogP contribution in [0.1, 0.15) is 43.7 Å². The topological polar surface area (TPSA) is 52.6 Å². The quantitative estimate of drug-likeness (QED) is 0.838. The van der Waals surface area contributed by atoms with Crippen LogP contribution in [0.5, 0.6) is 0 Å². The minimum atomic E-state index is 0.0352. The number of likely N-dealkylation sites (N-methyl/N-ethyl adjacent to an activating group) is 2. The maximum atomic E-state index is 12.5. The number of likely N-dealkylation sites (tertiary alicyclic amines) is 1. The van der Waals surface area contributed by atoms with Gasteiger partial charge in [0, 0.05) is 38.6 Å². The molecule has 0 aromatic carbocycles. The van der Waals surface area contributed by atoms with Crippen molar-refractivity contribution in [3.8, 4) is 0 Å². The van der Waals surface area contributed by atoms with E-state index in [0.717, 1.165) is 50.4 Å². The van der Waals surface area contributed by atoms with Gasteiger partial charge in [-0.25, -0.2) is 0 Å². The minimum Gasteiger partial charge on any atom is -0.352 e. The van der Waals surface area contributed by atoms with Crippen LogP contribution in [0.2, 0.25) is 0 Å². The van der Waals surface area contributed by atoms with Gasteiger partial charge in [-0.1, -0.05) is 0 Å². The fourth-order valence-corrected chi connectivity index (χ4v) is 3.81. The van der Waals surface area contributed by atoms with E-state index in [1.165, 1.54) is 12.8 Å². The van der Waals surface area contributed by atoms with Crippen LogP contribution in [0.3, 0.4) is 0 Å². The minimum absolute atomic E-state index is 0.0352. The van der Waals surface area contributed by atoms with E-state index in [0.29, 0.717) is 12.0 Å². The normalized spacial score (nSPS) is 25.8. The number of amides is 1. The molecule has 3 fully saturated rings. The third-order valence-corrected chi connectivity index (χ3v) is 5.80. The predicted molar refractivity (Wildman–Crippen MR) is 93.0 cm³/mol. The first kappa shape index (κ1) is 15.8. The number of anilines is 1. The van der Waals surface area contributed by atoms with Crippen LogP contribution in [-0.2, 0) is 4.79 Å². The van der Waals surface area contributed by atoms with E-state index in [9.17, 15) is 4.79 Å². The van der Waals surface area contributed by atoms with Crippen LogP contribution in [0.25, 0.3) is 0 Å². The summed E-state index contributed by atoms with van der Waals surface area (Å²) in [5, 5.41) is 8.76. The lowest BCUT2D eigenvalue weighted by atomic mass is 10.0. The van der Waals surface area contributed by atoms with Crippen LogP contribution in [0, 0.1) is 0 Å². The molecule has 130 valence electrons. The molecule has 24 heavy (non-hydrogen) atoms. The second kappa shape index (κ2) is 6.31. The Morgan fingerprint density at radius 1 is 1.12 bits per heavy atom. The largest absolute Gasteiger partial charge is 0.352 e. The van der Waals surface area contributed by atoms with Gasteiger partial charge in [-0.3, -0.25) is 9.69 Å². The number of hydrogen-bond acceptors (Lipinski definition) is 5. The van der Waals surface area contributed by atoms with Gasteiger partial charge in [0.1, 0.15) is 0 Å². The van der Waals surface area contributed by atoms with E-state index in [1.54, 1.807) is 0 Å². The molecule has 1 aromatic rings. The van der Waals surface area contributed by atoms with Crippen molar-refractivity contribution in [1.29, 1.82) is 0 Å². The smallest absolute Gasteiger partial charge is 0.239 e. The molecule has 3 heterocycles. The highest BCUT2D eigenvalue weighted by Crippen LogP contribution is 2.39. The zero-order valence-electron chi connectivity index (χ0n) is 14.7. The Balaban J connectivity index is 1.35. The lowest BCUT2D eigenvalue weighted by molar-refractivity contribution is -0.135. The Kier molecular flexibility index (Phi) is 4.16. The Morgan fingerprint density at radius 3 is 2.58 bits per heavy atom. The molecule has 0 spiro atoms. The van der Waals surface area contributed by atoms with Crippen LogP contribution >= 0.6 is 0 Å². The molecular formula is C18H27N5O. The molecule has 0 bridgehead atoms. The summed E-state index contributed by atoms with van der Waals surface area (Å²) in [7, 11) is 4.03. The van der Waals surface area contributed by atoms with Crippen molar-refractivity contribution < 1.29 is 4.79 Å². The summed E-state index contributed by atoms with van der Waals surface area (Å²) in [4.78, 5) is 19.0. The number of hydrogen-bond donors (Lipinski definition) is 0. The standard InChI is InChI=1S/C18H27N5O/c1-21-10-4-3-5-16(18(21)24)22(2)14-11-23(12-14)17-9-8-15(19-20-17)13-6-7-13/h8-9,13-14,16H,3-7,10-12H2,1-2H3. The average molecular weight is 329 g/mol. The second-order valence-corrected chi connectivity index (χ2v) is 7.59. The Labute approximate surface area is 143 Å². The van der Waals surface area contributed by atoms with Gasteiger partial charge in [0.15, 0.2) is 5.82 Å². The molecule has 0 radical (unpaired) electrons. The molecule has 1 aliphatic carbocycles. The highest BCUT2D eigenvalue weighted by Gasteiger charge is 2.38. The average Bonchev–Trinajstić information content (AvgIpc) is 3.38. The second-order valence-electron chi connectivity index (χ2n) is 7.59. The first-order valence-corrected chi connectivity index (χ1v) is 9.19. The van der Waals surface area contributed by atoms with E-state index in [4.69, 9.17) is 0 Å². The SMILES string of the molecule is CN1CCCCC(N(C)C2CN(c3ccc(C4CC4)nn3)C2)C1=O. The number of carbonyl (C=O) groups is 1. The third-order valence-electron chi connectivity index (χ3n) is 5.80. The summed E-state index contributed by atoms with van der Waals surface area (Å²) in [6.45, 7) is 2.76. The van der Waals surface area contributed by atoms with Gasteiger partial charge in [0.05, 0.1) is 11.7 Å². The fourth-order valence-electron chi connectivity index (χ4n) is 3.81. The molecule has 1 unspecified atom stereocenters. The van der Waals surface area contributed by atoms with E-state index >= 15 is 0 Å². The lowest BCUT2D eigenvalue weighted by Crippen LogP contribution is -2.62. The molecular weight excluding hydrogens is 302 g/mol. The molecule has 1 atom stereocenters. The Morgan fingerprint density at radius 2 is 1.92 bits per heavy atom. The van der Waals surface area contributed by atoms with Gasteiger partial charge in [-0.15, -0.1) is 5.10 Å². The molecule has 6 nitrogen and oxygen atoms in total. The zero-order valence-corrected chi connectivity index (χ0v) is 14.7. The van der Waals surface area contributed by atoms with E-state index in [2.05, 4.69) is 39.2 Å². The summed E-state index contributed by atoms with van der Waals surface area (Å²) < 4.78 is 0. The Bertz CT molecular complexity index is 594. The molecule has 1 saturated carbocycles. The summed E-state index contributed by atoms with van der Waals surface area (Å²) in [5.74, 6) is 1.90. The molecule has 4 rings (SSSR count). The number of nitrogens with zero attached hydrogens (tertiary/aromatic N) is 5. The van der Waals surface area contributed by atoms with E-state index in [-0.39, 0.29) is 11.9 Å². The van der Waals surface area contributed by atoms with Crippen molar-refractivity contribution in [3.05, 3.63) is 17.8 Å². The van der Waals surface area contributed by atoms with Gasteiger partial charge in [-0.2, -0.15) is 5.10 Å². The van der Waals surface area contributed by atoms with Crippen LogP contribution in [-0.4, -0.2) is 71.7 Å². The van der Waals surface area contributed by atoms with Gasteiger partial charge in [0.2, 0.25) is 5.91 Å². The molecule has 3 aliphatic rings. The molecule has 1 aromatic heterocycles. The number of carbonyl (C=O) groups excluding carboxylic acids is 1. The fraction of sp³-hybridized carbons (Fsp3) is 0.722. The van der Waals surface area contributed by atoms with Crippen molar-refractivity contribution in [2.24, 2.45) is 0 Å². The maximum absolute atomic E-state index is 12.5. The summed E-state index contributed by atoms with van der Waals surface area (Å²) in [6.07, 6.45) is 5.75. The maximum Gasteiger partial charge on any atom is 0.239 e. The molecule has 2 saturated heterocycles. The van der Waals surface area contributed by atoms with Crippen molar-refractivity contribution in [2.75, 3.05) is 38.6 Å². The van der Waals surface area contributed by atoms with Gasteiger partial charge >= 0.3 is 0 Å². The van der Waals surface area contributed by atoms with Crippen molar-refractivity contribution in [1.82, 2.24) is 20.0 Å². The number of rotatable bonds is 4. The highest BCUT2D eigenvalue weighted by atomic mass is 16.2. The van der Waals surface area contributed by atoms with Crippen LogP contribution < -0.4 is 4.90 Å². The summed E-state index contributed by atoms with van der Waals surface area (Å²) >= 11 is 0. The monoisotopic (exact) mass is 329 g/mol. The van der Waals surface area contributed by atoms with Crippen LogP contribution in [0.15, 0.2) is 12.1 Å². The summed E-state index contributed by atoms with van der Waals surface area (Å²) in [6, 6.07) is 4.69. The first-order chi connectivity index (χ1) is 11.6.